The average molecular weight is 693 g/mol. The molecule has 0 unspecified atom stereocenters. The van der Waals surface area contributed by atoms with Crippen LogP contribution < -0.4 is 35.3 Å². The van der Waals surface area contributed by atoms with Crippen LogP contribution in [0.4, 0.5) is 0 Å². The predicted molar refractivity (Wildman–Crippen MR) is 147 cm³/mol. The van der Waals surface area contributed by atoms with Gasteiger partial charge in [-0.25, -0.2) is 0 Å². The zero-order valence-corrected chi connectivity index (χ0v) is 28.0. The second kappa shape index (κ2) is 10.8. The summed E-state index contributed by atoms with van der Waals surface area (Å²) >= 11 is 1.03. The maximum Gasteiger partial charge on any atom is -1.00 e. The van der Waals surface area contributed by atoms with Crippen LogP contribution in [-0.4, -0.2) is 0 Å². The summed E-state index contributed by atoms with van der Waals surface area (Å²) in [6.45, 7) is 16.4. The van der Waals surface area contributed by atoms with Crippen molar-refractivity contribution in [2.75, 3.05) is 0 Å². The van der Waals surface area contributed by atoms with Gasteiger partial charge in [-0.1, -0.05) is 0 Å². The molecule has 0 fully saturated rings. The molecular weight excluding hydrogens is 658 g/mol. The van der Waals surface area contributed by atoms with Crippen LogP contribution in [0.2, 0.25) is 0 Å². The summed E-state index contributed by atoms with van der Waals surface area (Å²) in [4.78, 5) is 0. The Morgan fingerprint density at radius 2 is 1.46 bits per heavy atom. The fraction of sp³-hybridized carbons (Fsp3) is 0.294. The van der Waals surface area contributed by atoms with Crippen LogP contribution in [0.25, 0.3) is 25.6 Å². The van der Waals surface area contributed by atoms with Crippen molar-refractivity contribution in [1.29, 1.82) is 0 Å². The normalized spacial score (nSPS) is 14.9. The van der Waals surface area contributed by atoms with Crippen LogP contribution in [0.3, 0.4) is 0 Å². The summed E-state index contributed by atoms with van der Waals surface area (Å²) in [6.07, 6.45) is 7.91. The molecule has 2 aliphatic carbocycles. The van der Waals surface area contributed by atoms with E-state index in [4.69, 9.17) is 0 Å². The van der Waals surface area contributed by atoms with Crippen molar-refractivity contribution in [3.05, 3.63) is 111 Å². The molecule has 0 aliphatic heterocycles. The minimum atomic E-state index is 0. The van der Waals surface area contributed by atoms with Gasteiger partial charge in [-0.05, 0) is 0 Å². The quantitative estimate of drug-likeness (QED) is 0.358. The van der Waals surface area contributed by atoms with E-state index in [9.17, 15) is 0 Å². The van der Waals surface area contributed by atoms with Crippen LogP contribution in [0, 0.1) is 0 Å². The molecule has 0 saturated carbocycles. The molecule has 2 aliphatic rings. The van der Waals surface area contributed by atoms with Gasteiger partial charge in [0, 0.05) is 0 Å². The predicted octanol–water partition coefficient (Wildman–Crippen LogP) is 1.54. The zero-order valence-electron chi connectivity index (χ0n) is 22.9. The Morgan fingerprint density at radius 3 is 2.03 bits per heavy atom. The number of hydrogen-bond donors (Lipinski definition) is 0. The van der Waals surface area contributed by atoms with Crippen LogP contribution in [0.5, 0.6) is 0 Å². The molecule has 0 radical (unpaired) electrons. The van der Waals surface area contributed by atoms with E-state index in [2.05, 4.69) is 121 Å². The molecule has 0 aromatic heterocycles. The smallest absolute Gasteiger partial charge is 1.00 e. The summed E-state index contributed by atoms with van der Waals surface area (Å²) in [5.41, 5.74) is 13.0. The molecule has 37 heavy (non-hydrogen) atoms. The molecule has 0 amide bonds. The number of halogens is 2. The summed E-state index contributed by atoms with van der Waals surface area (Å²) in [5, 5.41) is 2.90. The maximum atomic E-state index is 2.52. The van der Waals surface area contributed by atoms with Crippen molar-refractivity contribution in [1.82, 2.24) is 0 Å². The van der Waals surface area contributed by atoms with Gasteiger partial charge in [-0.15, -0.1) is 0 Å². The molecule has 0 heterocycles. The van der Waals surface area contributed by atoms with E-state index in [1.54, 1.807) is 3.33 Å². The summed E-state index contributed by atoms with van der Waals surface area (Å²) in [5.74, 6) is 0. The first kappa shape index (κ1) is 29.9. The molecule has 3 aromatic carbocycles. The van der Waals surface area contributed by atoms with Gasteiger partial charge in [0.1, 0.15) is 0 Å². The van der Waals surface area contributed by atoms with E-state index in [0.29, 0.717) is 0 Å². The Labute approximate surface area is 250 Å². The Morgan fingerprint density at radius 1 is 0.784 bits per heavy atom. The Bertz CT molecular complexity index is 1530. The number of allylic oxidation sites excluding steroid dienone is 4. The van der Waals surface area contributed by atoms with Crippen molar-refractivity contribution < 1.29 is 49.2 Å². The monoisotopic (exact) mass is 693 g/mol. The van der Waals surface area contributed by atoms with Crippen LogP contribution in [0.1, 0.15) is 82.7 Å². The van der Waals surface area contributed by atoms with Crippen molar-refractivity contribution in [2.24, 2.45) is 0 Å². The Balaban J connectivity index is 0.00000190. The molecule has 3 aromatic rings. The van der Waals surface area contributed by atoms with E-state index in [1.165, 1.54) is 60.5 Å². The first-order valence-corrected chi connectivity index (χ1v) is 14.5. The van der Waals surface area contributed by atoms with Gasteiger partial charge in [0.25, 0.3) is 0 Å². The van der Waals surface area contributed by atoms with E-state index in [1.807, 2.05) is 0 Å². The molecule has 0 atom stereocenters. The zero-order chi connectivity index (χ0) is 25.1. The van der Waals surface area contributed by atoms with Crippen LogP contribution >= 0.6 is 0 Å². The van der Waals surface area contributed by atoms with Gasteiger partial charge in [-0.2, -0.15) is 0 Å². The van der Waals surface area contributed by atoms with Crippen molar-refractivity contribution in [2.45, 2.75) is 65.7 Å². The van der Waals surface area contributed by atoms with Gasteiger partial charge < -0.3 is 24.8 Å². The van der Waals surface area contributed by atoms with Gasteiger partial charge >= 0.3 is 227 Å². The number of benzene rings is 3. The molecule has 0 N–H and O–H groups in total. The van der Waals surface area contributed by atoms with E-state index in [-0.39, 0.29) is 35.6 Å². The van der Waals surface area contributed by atoms with Crippen molar-refractivity contribution in [3.8, 4) is 11.1 Å². The minimum absolute atomic E-state index is 0. The molecule has 0 nitrogen and oxygen atoms in total. The van der Waals surface area contributed by atoms with Gasteiger partial charge in [0.15, 0.2) is 0 Å². The summed E-state index contributed by atoms with van der Waals surface area (Å²) in [6, 6.07) is 20.7. The summed E-state index contributed by atoms with van der Waals surface area (Å²) < 4.78 is 1.55. The molecule has 0 bridgehead atoms. The minimum Gasteiger partial charge on any atom is -1.00 e. The van der Waals surface area contributed by atoms with Crippen molar-refractivity contribution in [3.63, 3.8) is 0 Å². The van der Waals surface area contributed by atoms with Crippen LogP contribution in [-0.2, 0) is 35.2 Å². The van der Waals surface area contributed by atoms with Crippen molar-refractivity contribution >= 4 is 14.5 Å². The first-order valence-electron chi connectivity index (χ1n) is 12.7. The number of rotatable bonds is 2. The topological polar surface area (TPSA) is 0 Å². The Kier molecular flexibility index (Phi) is 8.75. The third-order valence-electron chi connectivity index (χ3n) is 7.48. The maximum absolute atomic E-state index is 2.52. The number of hydrogen-bond acceptors (Lipinski definition) is 0. The van der Waals surface area contributed by atoms with Gasteiger partial charge in [0.05, 0.1) is 0 Å². The Hall–Kier alpha value is -1.67. The molecule has 189 valence electrons. The SMILES string of the molecule is CC(c1ccccc1)=c1cc2c(c(C3=CC=CC3)c1C(C)(C)C)=[C]([Hf+2])c1cc(C(C)(C)C)ccc1-2.[Cl-].[Cl-]. The van der Waals surface area contributed by atoms with Gasteiger partial charge in [-0.3, -0.25) is 0 Å². The second-order valence-electron chi connectivity index (χ2n) is 12.0. The second-order valence-corrected chi connectivity index (χ2v) is 13.8. The third kappa shape index (κ3) is 5.29. The fourth-order valence-corrected chi connectivity index (χ4v) is 7.29. The fourth-order valence-electron chi connectivity index (χ4n) is 5.61. The molecule has 5 rings (SSSR count). The van der Waals surface area contributed by atoms with E-state index >= 15 is 0 Å². The standard InChI is InChI=1S/C34H35.2ClH.Hf/c1-22(23-13-9-8-10-14-23)28-21-29-27-18-17-26(33(2,3)4)19-25(27)20-30(29)31(24-15-11-12-16-24)32(28)34(5,6)7;;;/h8-15,17-19,21H,16H2,1-7H3;2*1H;/q;;;+2/p-2. The third-order valence-corrected chi connectivity index (χ3v) is 9.34. The number of fused-ring (bicyclic) bond motifs is 3. The van der Waals surface area contributed by atoms with E-state index < -0.39 is 0 Å². The first-order chi connectivity index (χ1) is 16.5. The largest absolute Gasteiger partial charge is 1.00 e. The molecule has 0 saturated heterocycles. The van der Waals surface area contributed by atoms with Crippen LogP contribution in [0.15, 0.2) is 72.8 Å². The summed E-state index contributed by atoms with van der Waals surface area (Å²) in [7, 11) is 0. The molecule has 0 spiro atoms. The molecule has 3 heteroatoms. The molecular formula is C34H35Cl2Hf. The van der Waals surface area contributed by atoms with E-state index in [0.717, 1.165) is 30.8 Å². The average Bonchev–Trinajstić information content (AvgIpc) is 3.44. The van der Waals surface area contributed by atoms with Gasteiger partial charge in [0.2, 0.25) is 0 Å².